The summed E-state index contributed by atoms with van der Waals surface area (Å²) in [4.78, 5) is 13.7. The minimum Gasteiger partial charge on any atom is -0.493 e. The summed E-state index contributed by atoms with van der Waals surface area (Å²) < 4.78 is 15.9. The number of anilines is 1. The molecule has 23 heavy (non-hydrogen) atoms. The van der Waals surface area contributed by atoms with Gasteiger partial charge in [-0.2, -0.15) is 0 Å². The number of hydrogen-bond acceptors (Lipinski definition) is 6. The molecule has 7 nitrogen and oxygen atoms in total. The lowest BCUT2D eigenvalue weighted by Gasteiger charge is -2.15. The first-order valence-electron chi connectivity index (χ1n) is 7.47. The summed E-state index contributed by atoms with van der Waals surface area (Å²) in [6.07, 6.45) is 0.393. The highest BCUT2D eigenvalue weighted by Crippen LogP contribution is 2.39. The number of carbonyl (C=O) groups excluding carboxylic acids is 1. The van der Waals surface area contributed by atoms with E-state index in [9.17, 15) is 4.79 Å². The van der Waals surface area contributed by atoms with E-state index in [-0.39, 0.29) is 5.91 Å². The van der Waals surface area contributed by atoms with E-state index in [0.29, 0.717) is 36.8 Å². The van der Waals surface area contributed by atoms with Crippen LogP contribution in [0.25, 0.3) is 0 Å². The summed E-state index contributed by atoms with van der Waals surface area (Å²) in [5.41, 5.74) is 0.806. The first-order chi connectivity index (χ1) is 11.0. The molecule has 1 aromatic rings. The van der Waals surface area contributed by atoms with E-state index >= 15 is 0 Å². The van der Waals surface area contributed by atoms with Gasteiger partial charge in [0.1, 0.15) is 0 Å². The van der Waals surface area contributed by atoms with E-state index in [1.165, 1.54) is 0 Å². The van der Waals surface area contributed by atoms with Gasteiger partial charge in [0.25, 0.3) is 0 Å². The number of methoxy groups -OCH3 is 3. The third kappa shape index (κ3) is 6.23. The van der Waals surface area contributed by atoms with Gasteiger partial charge in [0.2, 0.25) is 11.7 Å². The maximum Gasteiger partial charge on any atom is 0.221 e. The Balaban J connectivity index is 2.53. The number of rotatable bonds is 10. The van der Waals surface area contributed by atoms with Gasteiger partial charge in [-0.25, -0.2) is 0 Å². The Kier molecular flexibility index (Phi) is 8.04. The molecule has 7 heteroatoms. The van der Waals surface area contributed by atoms with Crippen molar-refractivity contribution in [2.75, 3.05) is 60.4 Å². The molecule has 0 saturated carbocycles. The van der Waals surface area contributed by atoms with Crippen LogP contribution in [-0.2, 0) is 4.79 Å². The zero-order valence-corrected chi connectivity index (χ0v) is 14.6. The number of ether oxygens (including phenoxy) is 3. The Morgan fingerprint density at radius 3 is 2.13 bits per heavy atom. The van der Waals surface area contributed by atoms with Gasteiger partial charge in [0, 0.05) is 43.9 Å². The minimum atomic E-state index is 0.0202. The van der Waals surface area contributed by atoms with Crippen molar-refractivity contribution in [2.45, 2.75) is 6.42 Å². The minimum absolute atomic E-state index is 0.0202. The van der Waals surface area contributed by atoms with Gasteiger partial charge in [-0.3, -0.25) is 4.79 Å². The van der Waals surface area contributed by atoms with Crippen molar-refractivity contribution >= 4 is 11.6 Å². The predicted molar refractivity (Wildman–Crippen MR) is 90.8 cm³/mol. The van der Waals surface area contributed by atoms with E-state index in [2.05, 4.69) is 10.6 Å². The van der Waals surface area contributed by atoms with Gasteiger partial charge in [-0.15, -0.1) is 0 Å². The highest BCUT2D eigenvalue weighted by Gasteiger charge is 2.13. The van der Waals surface area contributed by atoms with Gasteiger partial charge in [0.05, 0.1) is 21.3 Å². The molecule has 1 rings (SSSR count). The maximum absolute atomic E-state index is 11.7. The molecule has 2 N–H and O–H groups in total. The molecule has 0 fully saturated rings. The standard InChI is InChI=1S/C16H27N3O4/c1-19(2)9-8-18-15(20)6-7-17-12-10-13(21-3)16(23-5)14(11-12)22-4/h10-11,17H,6-9H2,1-5H3,(H,18,20). The molecule has 0 aliphatic carbocycles. The van der Waals surface area contributed by atoms with Crippen molar-refractivity contribution < 1.29 is 19.0 Å². The number of nitrogens with zero attached hydrogens (tertiary/aromatic N) is 1. The molecule has 0 aliphatic heterocycles. The van der Waals surface area contributed by atoms with E-state index in [1.807, 2.05) is 31.1 Å². The van der Waals surface area contributed by atoms with Crippen LogP contribution in [0.5, 0.6) is 17.2 Å². The smallest absolute Gasteiger partial charge is 0.221 e. The summed E-state index contributed by atoms with van der Waals surface area (Å²) in [7, 11) is 8.64. The summed E-state index contributed by atoms with van der Waals surface area (Å²) in [6, 6.07) is 3.62. The molecule has 1 aromatic carbocycles. The fourth-order valence-electron chi connectivity index (χ4n) is 2.01. The second-order valence-corrected chi connectivity index (χ2v) is 5.24. The Morgan fingerprint density at radius 1 is 1.04 bits per heavy atom. The van der Waals surface area contributed by atoms with Crippen molar-refractivity contribution in [1.29, 1.82) is 0 Å². The largest absolute Gasteiger partial charge is 0.493 e. The Morgan fingerprint density at radius 2 is 1.65 bits per heavy atom. The lowest BCUT2D eigenvalue weighted by molar-refractivity contribution is -0.120. The Labute approximate surface area is 137 Å². The third-order valence-corrected chi connectivity index (χ3v) is 3.23. The molecule has 0 saturated heterocycles. The van der Waals surface area contributed by atoms with Crippen LogP contribution < -0.4 is 24.8 Å². The van der Waals surface area contributed by atoms with Crippen molar-refractivity contribution in [3.05, 3.63) is 12.1 Å². The zero-order valence-electron chi connectivity index (χ0n) is 14.6. The molecule has 0 atom stereocenters. The topological polar surface area (TPSA) is 72.1 Å². The number of hydrogen-bond donors (Lipinski definition) is 2. The van der Waals surface area contributed by atoms with Crippen LogP contribution in [0.15, 0.2) is 12.1 Å². The average Bonchev–Trinajstić information content (AvgIpc) is 2.53. The molecule has 0 aromatic heterocycles. The third-order valence-electron chi connectivity index (χ3n) is 3.23. The molecule has 0 unspecified atom stereocenters. The van der Waals surface area contributed by atoms with Crippen LogP contribution in [0.1, 0.15) is 6.42 Å². The first kappa shape index (κ1) is 18.9. The van der Waals surface area contributed by atoms with Crippen LogP contribution in [0.4, 0.5) is 5.69 Å². The van der Waals surface area contributed by atoms with Gasteiger partial charge in [-0.1, -0.05) is 0 Å². The zero-order chi connectivity index (χ0) is 17.2. The highest BCUT2D eigenvalue weighted by atomic mass is 16.5. The SMILES string of the molecule is COc1cc(NCCC(=O)NCCN(C)C)cc(OC)c1OC. The normalized spacial score (nSPS) is 10.3. The van der Waals surface area contributed by atoms with Crippen LogP contribution >= 0.6 is 0 Å². The van der Waals surface area contributed by atoms with E-state index in [0.717, 1.165) is 12.2 Å². The second kappa shape index (κ2) is 9.78. The molecule has 1 amide bonds. The second-order valence-electron chi connectivity index (χ2n) is 5.24. The molecular weight excluding hydrogens is 298 g/mol. The van der Waals surface area contributed by atoms with Gasteiger partial charge < -0.3 is 29.7 Å². The molecule has 0 radical (unpaired) electrons. The van der Waals surface area contributed by atoms with Crippen molar-refractivity contribution in [2.24, 2.45) is 0 Å². The first-order valence-corrected chi connectivity index (χ1v) is 7.47. The maximum atomic E-state index is 11.7. The average molecular weight is 325 g/mol. The number of nitrogens with one attached hydrogen (secondary N) is 2. The number of likely N-dealkylation sites (N-methyl/N-ethyl adjacent to an activating group) is 1. The van der Waals surface area contributed by atoms with Crippen LogP contribution in [0.3, 0.4) is 0 Å². The van der Waals surface area contributed by atoms with Crippen LogP contribution in [0.2, 0.25) is 0 Å². The molecule has 0 heterocycles. The van der Waals surface area contributed by atoms with Crippen LogP contribution in [0, 0.1) is 0 Å². The van der Waals surface area contributed by atoms with E-state index in [4.69, 9.17) is 14.2 Å². The molecular formula is C16H27N3O4. The van der Waals surface area contributed by atoms with Crippen molar-refractivity contribution in [3.63, 3.8) is 0 Å². The molecule has 0 aliphatic rings. The molecule has 0 spiro atoms. The molecule has 130 valence electrons. The van der Waals surface area contributed by atoms with Gasteiger partial charge >= 0.3 is 0 Å². The summed E-state index contributed by atoms with van der Waals surface area (Å²) >= 11 is 0. The fraction of sp³-hybridized carbons (Fsp3) is 0.562. The lowest BCUT2D eigenvalue weighted by Crippen LogP contribution is -2.32. The number of carbonyl (C=O) groups is 1. The van der Waals surface area contributed by atoms with Crippen LogP contribution in [-0.4, -0.2) is 65.9 Å². The fourth-order valence-corrected chi connectivity index (χ4v) is 2.01. The highest BCUT2D eigenvalue weighted by molar-refractivity contribution is 5.76. The van der Waals surface area contributed by atoms with E-state index < -0.39 is 0 Å². The Bertz CT molecular complexity index is 481. The van der Waals surface area contributed by atoms with Gasteiger partial charge in [-0.05, 0) is 14.1 Å². The van der Waals surface area contributed by atoms with Crippen molar-refractivity contribution in [1.82, 2.24) is 10.2 Å². The summed E-state index contributed by atoms with van der Waals surface area (Å²) in [5, 5.41) is 6.06. The molecule has 0 bridgehead atoms. The number of benzene rings is 1. The quantitative estimate of drug-likeness (QED) is 0.673. The predicted octanol–water partition coefficient (Wildman–Crippen LogP) is 1.19. The monoisotopic (exact) mass is 325 g/mol. The summed E-state index contributed by atoms with van der Waals surface area (Å²) in [6.45, 7) is 1.99. The Hall–Kier alpha value is -2.15. The van der Waals surface area contributed by atoms with Crippen molar-refractivity contribution in [3.8, 4) is 17.2 Å². The van der Waals surface area contributed by atoms with E-state index in [1.54, 1.807) is 21.3 Å². The summed E-state index contributed by atoms with van der Waals surface area (Å²) in [5.74, 6) is 1.71. The number of amides is 1. The lowest BCUT2D eigenvalue weighted by atomic mass is 10.2. The van der Waals surface area contributed by atoms with Gasteiger partial charge in [0.15, 0.2) is 11.5 Å².